The summed E-state index contributed by atoms with van der Waals surface area (Å²) in [6.07, 6.45) is 1.07. The van der Waals surface area contributed by atoms with Gasteiger partial charge in [-0.2, -0.15) is 5.10 Å². The predicted octanol–water partition coefficient (Wildman–Crippen LogP) is 3.26. The number of halogens is 3. The number of benzene rings is 1. The normalized spacial score (nSPS) is 14.9. The Morgan fingerprint density at radius 3 is 2.81 bits per heavy atom. The van der Waals surface area contributed by atoms with Crippen LogP contribution in [0.4, 0.5) is 13.2 Å². The van der Waals surface area contributed by atoms with Gasteiger partial charge in [-0.1, -0.05) is 12.1 Å². The maximum Gasteiger partial charge on any atom is 0.280 e. The van der Waals surface area contributed by atoms with E-state index in [4.69, 9.17) is 0 Å². The molecule has 0 saturated heterocycles. The molecule has 1 saturated carbocycles. The highest BCUT2D eigenvalue weighted by Crippen LogP contribution is 2.25. The first-order valence-electron chi connectivity index (χ1n) is 6.94. The Bertz CT molecular complexity index is 620. The lowest BCUT2D eigenvalue weighted by atomic mass is 10.2. The van der Waals surface area contributed by atoms with Gasteiger partial charge in [0.2, 0.25) is 0 Å². The summed E-state index contributed by atoms with van der Waals surface area (Å²) in [5, 5.41) is 7.24. The zero-order chi connectivity index (χ0) is 14.8. The highest BCUT2D eigenvalue weighted by molar-refractivity contribution is 5.22. The molecule has 1 aromatic carbocycles. The zero-order valence-corrected chi connectivity index (χ0v) is 11.4. The number of nitrogens with zero attached hydrogens (tertiary/aromatic N) is 2. The average Bonchev–Trinajstić information content (AvgIpc) is 3.17. The molecule has 6 heteroatoms. The van der Waals surface area contributed by atoms with E-state index >= 15 is 0 Å². The molecule has 112 valence electrons. The van der Waals surface area contributed by atoms with E-state index in [2.05, 4.69) is 10.4 Å². The first-order chi connectivity index (χ1) is 10.1. The van der Waals surface area contributed by atoms with Gasteiger partial charge in [-0.15, -0.1) is 0 Å². The Hall–Kier alpha value is -1.82. The van der Waals surface area contributed by atoms with Crippen molar-refractivity contribution < 1.29 is 13.2 Å². The first-order valence-corrected chi connectivity index (χ1v) is 6.94. The Kier molecular flexibility index (Phi) is 3.96. The number of alkyl halides is 2. The molecule has 1 fully saturated rings. The lowest BCUT2D eigenvalue weighted by molar-refractivity contribution is 0.138. The van der Waals surface area contributed by atoms with E-state index in [0.717, 1.165) is 12.8 Å². The third kappa shape index (κ3) is 3.44. The SMILES string of the molecule is Fc1cccc(Cn2ncc(CNC3CC3)c2C(F)F)c1. The van der Waals surface area contributed by atoms with E-state index in [0.29, 0.717) is 23.7 Å². The topological polar surface area (TPSA) is 29.9 Å². The zero-order valence-electron chi connectivity index (χ0n) is 11.4. The van der Waals surface area contributed by atoms with Crippen molar-refractivity contribution in [2.24, 2.45) is 0 Å². The Morgan fingerprint density at radius 2 is 2.14 bits per heavy atom. The standard InChI is InChI=1S/C15H16F3N3/c16-12-3-1-2-10(6-12)9-21-14(15(17)18)11(8-20-21)7-19-13-4-5-13/h1-3,6,8,13,15,19H,4-5,7,9H2. The second kappa shape index (κ2) is 5.89. The van der Waals surface area contributed by atoms with Crippen LogP contribution in [0.5, 0.6) is 0 Å². The fourth-order valence-corrected chi connectivity index (χ4v) is 2.30. The number of rotatable bonds is 6. The van der Waals surface area contributed by atoms with Gasteiger partial charge in [0.05, 0.1) is 12.7 Å². The minimum atomic E-state index is -2.60. The molecule has 1 aliphatic rings. The first kappa shape index (κ1) is 14.1. The molecule has 0 spiro atoms. The van der Waals surface area contributed by atoms with Crippen molar-refractivity contribution >= 4 is 0 Å². The summed E-state index contributed by atoms with van der Waals surface area (Å²) in [7, 11) is 0. The van der Waals surface area contributed by atoms with Crippen LogP contribution < -0.4 is 5.32 Å². The molecular weight excluding hydrogens is 279 g/mol. The predicted molar refractivity (Wildman–Crippen MR) is 72.5 cm³/mol. The summed E-state index contributed by atoms with van der Waals surface area (Å²) < 4.78 is 41.0. The van der Waals surface area contributed by atoms with E-state index in [-0.39, 0.29) is 18.1 Å². The second-order valence-corrected chi connectivity index (χ2v) is 5.30. The molecule has 0 unspecified atom stereocenters. The molecule has 0 aliphatic heterocycles. The molecule has 3 nitrogen and oxygen atoms in total. The molecule has 1 aromatic heterocycles. The van der Waals surface area contributed by atoms with Crippen molar-refractivity contribution in [2.45, 2.75) is 38.4 Å². The molecule has 1 aliphatic carbocycles. The van der Waals surface area contributed by atoms with Crippen LogP contribution >= 0.6 is 0 Å². The van der Waals surface area contributed by atoms with Crippen molar-refractivity contribution in [3.8, 4) is 0 Å². The van der Waals surface area contributed by atoms with Crippen LogP contribution in [0, 0.1) is 5.82 Å². The largest absolute Gasteiger partial charge is 0.310 e. The van der Waals surface area contributed by atoms with Crippen molar-refractivity contribution in [3.05, 3.63) is 53.1 Å². The molecule has 1 heterocycles. The van der Waals surface area contributed by atoms with Crippen LogP contribution in [-0.2, 0) is 13.1 Å². The summed E-state index contributed by atoms with van der Waals surface area (Å²) in [5.41, 5.74) is 1.03. The molecule has 0 bridgehead atoms. The summed E-state index contributed by atoms with van der Waals surface area (Å²) in [6, 6.07) is 6.36. The summed E-state index contributed by atoms with van der Waals surface area (Å²) in [6.45, 7) is 0.536. The fraction of sp³-hybridized carbons (Fsp3) is 0.400. The van der Waals surface area contributed by atoms with Gasteiger partial charge >= 0.3 is 0 Å². The molecule has 21 heavy (non-hydrogen) atoms. The van der Waals surface area contributed by atoms with E-state index in [1.165, 1.54) is 23.0 Å². The maximum atomic E-state index is 13.3. The summed E-state index contributed by atoms with van der Waals surface area (Å²) in [4.78, 5) is 0. The minimum Gasteiger partial charge on any atom is -0.310 e. The van der Waals surface area contributed by atoms with Crippen molar-refractivity contribution in [1.29, 1.82) is 0 Å². The number of hydrogen-bond donors (Lipinski definition) is 1. The fourth-order valence-electron chi connectivity index (χ4n) is 2.30. The van der Waals surface area contributed by atoms with Crippen molar-refractivity contribution in [3.63, 3.8) is 0 Å². The Morgan fingerprint density at radius 1 is 1.33 bits per heavy atom. The molecule has 2 aromatic rings. The molecule has 3 rings (SSSR count). The van der Waals surface area contributed by atoms with Gasteiger partial charge < -0.3 is 5.32 Å². The average molecular weight is 295 g/mol. The van der Waals surface area contributed by atoms with Gasteiger partial charge in [-0.05, 0) is 30.5 Å². The van der Waals surface area contributed by atoms with Crippen LogP contribution in [0.25, 0.3) is 0 Å². The monoisotopic (exact) mass is 295 g/mol. The third-order valence-electron chi connectivity index (χ3n) is 3.55. The Balaban J connectivity index is 1.80. The van der Waals surface area contributed by atoms with Gasteiger partial charge in [0.1, 0.15) is 11.5 Å². The molecule has 0 radical (unpaired) electrons. The van der Waals surface area contributed by atoms with Crippen molar-refractivity contribution in [2.75, 3.05) is 0 Å². The molecule has 1 N–H and O–H groups in total. The number of hydrogen-bond acceptors (Lipinski definition) is 2. The third-order valence-corrected chi connectivity index (χ3v) is 3.55. The van der Waals surface area contributed by atoms with Gasteiger partial charge in [-0.3, -0.25) is 4.68 Å². The molecule has 0 atom stereocenters. The lowest BCUT2D eigenvalue weighted by Gasteiger charge is -2.09. The van der Waals surface area contributed by atoms with Crippen LogP contribution in [0.3, 0.4) is 0 Å². The maximum absolute atomic E-state index is 13.3. The van der Waals surface area contributed by atoms with Gasteiger partial charge in [-0.25, -0.2) is 13.2 Å². The lowest BCUT2D eigenvalue weighted by Crippen LogP contribution is -2.17. The van der Waals surface area contributed by atoms with Crippen LogP contribution in [-0.4, -0.2) is 15.8 Å². The highest BCUT2D eigenvalue weighted by atomic mass is 19.3. The highest BCUT2D eigenvalue weighted by Gasteiger charge is 2.24. The number of nitrogens with one attached hydrogen (secondary N) is 1. The van der Waals surface area contributed by atoms with Crippen LogP contribution in [0.15, 0.2) is 30.5 Å². The van der Waals surface area contributed by atoms with Gasteiger partial charge in [0, 0.05) is 18.2 Å². The van der Waals surface area contributed by atoms with Gasteiger partial charge in [0.25, 0.3) is 6.43 Å². The van der Waals surface area contributed by atoms with E-state index in [1.807, 2.05) is 0 Å². The van der Waals surface area contributed by atoms with Crippen LogP contribution in [0.2, 0.25) is 0 Å². The molecule has 0 amide bonds. The summed E-state index contributed by atoms with van der Waals surface area (Å²) >= 11 is 0. The smallest absolute Gasteiger partial charge is 0.280 e. The van der Waals surface area contributed by atoms with Crippen molar-refractivity contribution in [1.82, 2.24) is 15.1 Å². The van der Waals surface area contributed by atoms with E-state index in [9.17, 15) is 13.2 Å². The Labute approximate surface area is 120 Å². The second-order valence-electron chi connectivity index (χ2n) is 5.30. The van der Waals surface area contributed by atoms with Gasteiger partial charge in [0.15, 0.2) is 0 Å². The summed E-state index contributed by atoms with van der Waals surface area (Å²) in [5.74, 6) is -0.381. The van der Waals surface area contributed by atoms with E-state index < -0.39 is 6.43 Å². The quantitative estimate of drug-likeness (QED) is 0.886. The molecular formula is C15H16F3N3. The van der Waals surface area contributed by atoms with Crippen LogP contribution in [0.1, 0.15) is 36.1 Å². The van der Waals surface area contributed by atoms with E-state index in [1.54, 1.807) is 12.1 Å². The minimum absolute atomic E-state index is 0.0904. The number of aromatic nitrogens is 2.